The molecular formula is C10H14ClN3O2. The van der Waals surface area contributed by atoms with Gasteiger partial charge in [-0.25, -0.2) is 19.7 Å². The van der Waals surface area contributed by atoms with Crippen LogP contribution >= 0.6 is 11.6 Å². The lowest BCUT2D eigenvalue weighted by Gasteiger charge is -2.23. The van der Waals surface area contributed by atoms with Crippen molar-refractivity contribution in [2.24, 2.45) is 0 Å². The molecule has 1 amide bonds. The molecule has 1 heterocycles. The fourth-order valence-electron chi connectivity index (χ4n) is 0.891. The van der Waals surface area contributed by atoms with E-state index >= 15 is 0 Å². The van der Waals surface area contributed by atoms with E-state index in [1.807, 2.05) is 0 Å². The molecule has 0 aromatic carbocycles. The second kappa shape index (κ2) is 4.65. The summed E-state index contributed by atoms with van der Waals surface area (Å²) in [6, 6.07) is 0. The van der Waals surface area contributed by atoms with Crippen LogP contribution in [0.15, 0.2) is 12.4 Å². The number of aromatic nitrogens is 2. The number of hydrogen-bond donors (Lipinski definition) is 0. The van der Waals surface area contributed by atoms with Crippen molar-refractivity contribution < 1.29 is 9.53 Å². The summed E-state index contributed by atoms with van der Waals surface area (Å²) in [7, 11) is 1.54. The highest BCUT2D eigenvalue weighted by Crippen LogP contribution is 2.13. The van der Waals surface area contributed by atoms with Crippen LogP contribution in [-0.4, -0.2) is 28.7 Å². The largest absolute Gasteiger partial charge is 0.443 e. The van der Waals surface area contributed by atoms with Crippen molar-refractivity contribution in [3.05, 3.63) is 17.4 Å². The molecule has 0 N–H and O–H groups in total. The zero-order valence-corrected chi connectivity index (χ0v) is 10.4. The van der Waals surface area contributed by atoms with Gasteiger partial charge in [0.2, 0.25) is 5.95 Å². The topological polar surface area (TPSA) is 55.3 Å². The van der Waals surface area contributed by atoms with Crippen LogP contribution in [0.1, 0.15) is 20.8 Å². The van der Waals surface area contributed by atoms with Crippen molar-refractivity contribution in [3.63, 3.8) is 0 Å². The van der Waals surface area contributed by atoms with E-state index in [2.05, 4.69) is 9.97 Å². The van der Waals surface area contributed by atoms with E-state index < -0.39 is 11.7 Å². The Bertz CT molecular complexity index is 373. The summed E-state index contributed by atoms with van der Waals surface area (Å²) in [6.07, 6.45) is 2.34. The minimum absolute atomic E-state index is 0.249. The molecule has 5 nitrogen and oxygen atoms in total. The maximum Gasteiger partial charge on any atom is 0.416 e. The number of anilines is 1. The molecule has 0 saturated carbocycles. The number of carbonyl (C=O) groups is 1. The van der Waals surface area contributed by atoms with Gasteiger partial charge >= 0.3 is 6.09 Å². The average Bonchev–Trinajstić information content (AvgIpc) is 2.15. The highest BCUT2D eigenvalue weighted by Gasteiger charge is 2.21. The van der Waals surface area contributed by atoms with E-state index in [0.717, 1.165) is 0 Å². The highest BCUT2D eigenvalue weighted by atomic mass is 35.5. The maximum absolute atomic E-state index is 11.6. The SMILES string of the molecule is CN(C(=O)OC(C)(C)C)c1ncc(Cl)cn1. The number of rotatable bonds is 1. The second-order valence-corrected chi connectivity index (χ2v) is 4.68. The molecule has 16 heavy (non-hydrogen) atoms. The van der Waals surface area contributed by atoms with Gasteiger partial charge in [-0.05, 0) is 20.8 Å². The summed E-state index contributed by atoms with van der Waals surface area (Å²) in [5, 5.41) is 0.418. The monoisotopic (exact) mass is 243 g/mol. The highest BCUT2D eigenvalue weighted by molar-refractivity contribution is 6.30. The van der Waals surface area contributed by atoms with E-state index in [1.165, 1.54) is 24.3 Å². The minimum Gasteiger partial charge on any atom is -0.443 e. The first-order valence-corrected chi connectivity index (χ1v) is 5.11. The number of ether oxygens (including phenoxy) is 1. The van der Waals surface area contributed by atoms with Crippen molar-refractivity contribution >= 4 is 23.6 Å². The summed E-state index contributed by atoms with van der Waals surface area (Å²) in [6.45, 7) is 5.38. The van der Waals surface area contributed by atoms with Crippen molar-refractivity contribution in [2.45, 2.75) is 26.4 Å². The first-order chi connectivity index (χ1) is 7.29. The Morgan fingerprint density at radius 2 is 1.88 bits per heavy atom. The van der Waals surface area contributed by atoms with Crippen molar-refractivity contribution in [1.29, 1.82) is 0 Å². The molecule has 1 aromatic rings. The van der Waals surface area contributed by atoms with Crippen LogP contribution in [0.3, 0.4) is 0 Å². The molecule has 1 aromatic heterocycles. The molecule has 0 atom stereocenters. The third-order valence-electron chi connectivity index (χ3n) is 1.57. The standard InChI is InChI=1S/C10H14ClN3O2/c1-10(2,3)16-9(15)14(4)8-12-5-7(11)6-13-8/h5-6H,1-4H3. The zero-order chi connectivity index (χ0) is 12.3. The Labute approximate surface area is 99.4 Å². The summed E-state index contributed by atoms with van der Waals surface area (Å²) in [4.78, 5) is 20.7. The number of amides is 1. The van der Waals surface area contributed by atoms with Gasteiger partial charge in [0.1, 0.15) is 5.60 Å². The van der Waals surface area contributed by atoms with E-state index in [4.69, 9.17) is 16.3 Å². The van der Waals surface area contributed by atoms with Gasteiger partial charge in [-0.3, -0.25) is 0 Å². The van der Waals surface area contributed by atoms with Crippen LogP contribution in [0.25, 0.3) is 0 Å². The Hall–Kier alpha value is -1.36. The number of halogens is 1. The second-order valence-electron chi connectivity index (χ2n) is 4.24. The molecule has 0 spiro atoms. The van der Waals surface area contributed by atoms with Crippen molar-refractivity contribution in [3.8, 4) is 0 Å². The molecule has 0 aliphatic heterocycles. The molecule has 0 unspecified atom stereocenters. The molecule has 0 radical (unpaired) electrons. The van der Waals surface area contributed by atoms with Gasteiger partial charge in [0.25, 0.3) is 0 Å². The van der Waals surface area contributed by atoms with Gasteiger partial charge in [-0.1, -0.05) is 11.6 Å². The van der Waals surface area contributed by atoms with E-state index in [9.17, 15) is 4.79 Å². The Morgan fingerprint density at radius 3 is 2.31 bits per heavy atom. The molecule has 0 bridgehead atoms. The van der Waals surface area contributed by atoms with Gasteiger partial charge in [-0.15, -0.1) is 0 Å². The molecule has 6 heteroatoms. The molecule has 0 saturated heterocycles. The van der Waals surface area contributed by atoms with Gasteiger partial charge in [0.05, 0.1) is 17.4 Å². The Kier molecular flexibility index (Phi) is 3.70. The lowest BCUT2D eigenvalue weighted by molar-refractivity contribution is 0.0587. The maximum atomic E-state index is 11.6. The summed E-state index contributed by atoms with van der Waals surface area (Å²) in [5.41, 5.74) is -0.544. The first kappa shape index (κ1) is 12.7. The van der Waals surface area contributed by atoms with Crippen LogP contribution < -0.4 is 4.90 Å². The van der Waals surface area contributed by atoms with Crippen LogP contribution in [0.5, 0.6) is 0 Å². The van der Waals surface area contributed by atoms with Crippen LogP contribution in [-0.2, 0) is 4.74 Å². The van der Waals surface area contributed by atoms with Gasteiger partial charge in [-0.2, -0.15) is 0 Å². The first-order valence-electron chi connectivity index (χ1n) is 4.74. The summed E-state index contributed by atoms with van der Waals surface area (Å²) < 4.78 is 5.16. The average molecular weight is 244 g/mol. The van der Waals surface area contributed by atoms with Crippen molar-refractivity contribution in [2.75, 3.05) is 11.9 Å². The summed E-state index contributed by atoms with van der Waals surface area (Å²) in [5.74, 6) is 0.249. The molecule has 1 rings (SSSR count). The van der Waals surface area contributed by atoms with Crippen LogP contribution in [0.4, 0.5) is 10.7 Å². The van der Waals surface area contributed by atoms with E-state index in [0.29, 0.717) is 5.02 Å². The summed E-state index contributed by atoms with van der Waals surface area (Å²) >= 11 is 5.64. The predicted molar refractivity (Wildman–Crippen MR) is 61.7 cm³/mol. The van der Waals surface area contributed by atoms with E-state index in [1.54, 1.807) is 20.8 Å². The lowest BCUT2D eigenvalue weighted by Crippen LogP contribution is -2.35. The smallest absolute Gasteiger partial charge is 0.416 e. The normalized spacial score (nSPS) is 11.1. The predicted octanol–water partition coefficient (Wildman–Crippen LogP) is 2.50. The number of nitrogens with zero attached hydrogens (tertiary/aromatic N) is 3. The van der Waals surface area contributed by atoms with Crippen LogP contribution in [0, 0.1) is 0 Å². The molecule has 0 aliphatic rings. The third-order valence-corrected chi connectivity index (χ3v) is 1.77. The van der Waals surface area contributed by atoms with E-state index in [-0.39, 0.29) is 5.95 Å². The molecule has 0 fully saturated rings. The Balaban J connectivity index is 2.74. The molecule has 0 aliphatic carbocycles. The Morgan fingerprint density at radius 1 is 1.38 bits per heavy atom. The number of hydrogen-bond acceptors (Lipinski definition) is 4. The van der Waals surface area contributed by atoms with Gasteiger partial charge < -0.3 is 4.74 Å². The minimum atomic E-state index is -0.544. The molecular weight excluding hydrogens is 230 g/mol. The zero-order valence-electron chi connectivity index (χ0n) is 9.69. The fourth-order valence-corrected chi connectivity index (χ4v) is 0.988. The molecule has 88 valence electrons. The third kappa shape index (κ3) is 3.66. The number of carbonyl (C=O) groups excluding carboxylic acids is 1. The quantitative estimate of drug-likeness (QED) is 0.761. The van der Waals surface area contributed by atoms with Crippen molar-refractivity contribution in [1.82, 2.24) is 9.97 Å². The van der Waals surface area contributed by atoms with Gasteiger partial charge in [0.15, 0.2) is 0 Å². The lowest BCUT2D eigenvalue weighted by atomic mass is 10.2. The fraction of sp³-hybridized carbons (Fsp3) is 0.500. The van der Waals surface area contributed by atoms with Crippen LogP contribution in [0.2, 0.25) is 5.02 Å². The van der Waals surface area contributed by atoms with Gasteiger partial charge in [0, 0.05) is 7.05 Å².